The summed E-state index contributed by atoms with van der Waals surface area (Å²) in [7, 11) is 0. The van der Waals surface area contributed by atoms with Crippen LogP contribution < -0.4 is 129 Å². The molecular formula is C44H49F9K2N6O10. The number of non-ortho nitro benzene ring substituents is 2. The number of amides is 3. The smallest absolute Gasteiger partial charge is 1.00 e. The first-order valence-electron chi connectivity index (χ1n) is 21.6. The fourth-order valence-corrected chi connectivity index (χ4v) is 9.40. The molecule has 380 valence electrons. The van der Waals surface area contributed by atoms with Crippen LogP contribution in [0.5, 0.6) is 0 Å². The number of anilines is 3. The van der Waals surface area contributed by atoms with Gasteiger partial charge in [-0.25, -0.2) is 13.2 Å². The van der Waals surface area contributed by atoms with Gasteiger partial charge in [-0.05, 0) is 107 Å². The minimum atomic E-state index is -4.92. The van der Waals surface area contributed by atoms with Crippen molar-refractivity contribution in [2.75, 3.05) is 15.5 Å². The van der Waals surface area contributed by atoms with E-state index in [9.17, 15) is 74.1 Å². The van der Waals surface area contributed by atoms with Crippen molar-refractivity contribution >= 4 is 52.6 Å². The average Bonchev–Trinajstić information content (AvgIpc) is 3.30. The molecule has 6 bridgehead atoms. The number of nitrogens with two attached hydrogens (primary N) is 1. The van der Waals surface area contributed by atoms with Gasteiger partial charge in [-0.15, -0.1) is 0 Å². The van der Waals surface area contributed by atoms with Gasteiger partial charge < -0.3 is 32.4 Å². The largest absolute Gasteiger partial charge is 1.00 e. The number of alkyl halides is 8. The van der Waals surface area contributed by atoms with Gasteiger partial charge in [0.15, 0.2) is 0 Å². The van der Waals surface area contributed by atoms with E-state index in [0.717, 1.165) is 57.6 Å². The van der Waals surface area contributed by atoms with Crippen molar-refractivity contribution in [2.24, 2.45) is 17.8 Å². The van der Waals surface area contributed by atoms with Crippen LogP contribution in [0.25, 0.3) is 0 Å². The Labute approximate surface area is 488 Å². The maximum absolute atomic E-state index is 13.8. The standard InChI is InChI=1S/C15H18F2N2O.C14H13F3N2O3.C7H3F4NO2.C7H11NO.CH2O3.2K.H2.H/c1-15(16,17)12-8-10(18)4-7-13(12)19-11-5-2-9(3-6-11)14(19)20;15-14(16,17)11-7-10(19(21)22)5-6-12(11)18-9-3-1-8(2-4-9)13(18)20;8-6-2-1-4(12(13)14)3-5(6)7(9,10)11;9-7-5-1-3-6(8-7)4-2-5;2-1-4-3;;;;/h4,7-9,11H,2-3,5-6,18H2,1H3;5-9H,1-4H2;1-3H;5-6H,1-4H2,(H,8,9);1,3H;;;1H;/q;;;;;2*+1;;-1/p-1. The SMILES string of the molecule is CC(F)(F)c1cc(N)ccc1N1C(=O)C2CCC1CC2.O=C1C2CCC(CC2)N1c1ccc([N+](=O)[O-])cc1C(F)(F)F.O=C1NC2CCC1CC2.O=CO[O-].O=[N+]([O-])c1ccc(F)c(C(F)(F)F)c1.[H-].[HH].[K+].[K+]. The second-order valence-corrected chi connectivity index (χ2v) is 17.2. The summed E-state index contributed by atoms with van der Waals surface area (Å²) in [6, 6.07) is 8.57. The van der Waals surface area contributed by atoms with Gasteiger partial charge in [-0.3, -0.25) is 39.4 Å². The second-order valence-electron chi connectivity index (χ2n) is 17.2. The number of nitrogen functional groups attached to an aromatic ring is 1. The maximum atomic E-state index is 13.8. The number of nitro benzene ring substituents is 2. The minimum Gasteiger partial charge on any atom is -1.00 e. The molecule has 3 aromatic carbocycles. The summed E-state index contributed by atoms with van der Waals surface area (Å²) < 4.78 is 116. The summed E-state index contributed by atoms with van der Waals surface area (Å²) in [6.07, 6.45) is 1.34. The molecule has 0 spiro atoms. The van der Waals surface area contributed by atoms with Crippen LogP contribution in [0.2, 0.25) is 0 Å². The van der Waals surface area contributed by atoms with E-state index < -0.39 is 56.4 Å². The Hall–Kier alpha value is -3.26. The van der Waals surface area contributed by atoms with Gasteiger partial charge in [0.1, 0.15) is 5.82 Å². The van der Waals surface area contributed by atoms with Crippen LogP contribution in [0.4, 0.5) is 68.0 Å². The van der Waals surface area contributed by atoms with Crippen molar-refractivity contribution in [3.63, 3.8) is 0 Å². The van der Waals surface area contributed by atoms with Gasteiger partial charge in [0.05, 0.1) is 32.3 Å². The van der Waals surface area contributed by atoms with Gasteiger partial charge in [-0.2, -0.15) is 26.3 Å². The molecule has 0 atom stereocenters. The number of nitro groups is 2. The van der Waals surface area contributed by atoms with E-state index in [1.54, 1.807) is 17.0 Å². The molecule has 3 amide bonds. The Balaban J connectivity index is 0.000000483. The van der Waals surface area contributed by atoms with E-state index in [-0.39, 0.29) is 165 Å². The zero-order chi connectivity index (χ0) is 51.2. The molecule has 27 heteroatoms. The van der Waals surface area contributed by atoms with Crippen LogP contribution in [0.1, 0.15) is 104 Å². The fourth-order valence-electron chi connectivity index (χ4n) is 9.40. The van der Waals surface area contributed by atoms with E-state index in [1.807, 2.05) is 0 Å². The molecule has 3 saturated carbocycles. The molecule has 9 fully saturated rings. The number of carbonyl (C=O) groups excluding carboxylic acids is 4. The molecular weight excluding hydrogens is 1020 g/mol. The molecule has 0 aromatic heterocycles. The summed E-state index contributed by atoms with van der Waals surface area (Å²) in [5.41, 5.74) is 1.64. The summed E-state index contributed by atoms with van der Waals surface area (Å²) in [6.45, 7) is 0.665. The van der Waals surface area contributed by atoms with Gasteiger partial charge in [0.25, 0.3) is 23.8 Å². The van der Waals surface area contributed by atoms with Crippen molar-refractivity contribution < 1.29 is 184 Å². The molecule has 3 N–H and O–H groups in total. The quantitative estimate of drug-likeness (QED) is 0.0693. The average molecular weight is 1070 g/mol. The molecule has 6 aliphatic heterocycles. The van der Waals surface area contributed by atoms with Crippen LogP contribution in [0.3, 0.4) is 0 Å². The number of piperidine rings is 6. The number of hydrogen-bond donors (Lipinski definition) is 2. The van der Waals surface area contributed by atoms with Gasteiger partial charge in [-0.1, -0.05) is 0 Å². The third-order valence-corrected chi connectivity index (χ3v) is 12.8. The number of nitrogens with one attached hydrogen (secondary N) is 1. The van der Waals surface area contributed by atoms with Gasteiger partial charge in [0.2, 0.25) is 17.7 Å². The normalized spacial score (nSPS) is 22.7. The Morgan fingerprint density at radius 3 is 1.39 bits per heavy atom. The Kier molecular flexibility index (Phi) is 23.0. The molecule has 12 rings (SSSR count). The monoisotopic (exact) mass is 1070 g/mol. The third kappa shape index (κ3) is 15.9. The van der Waals surface area contributed by atoms with Crippen molar-refractivity contribution in [3.8, 4) is 0 Å². The number of benzene rings is 3. The summed E-state index contributed by atoms with van der Waals surface area (Å²) in [5.74, 6) is -4.42. The summed E-state index contributed by atoms with van der Waals surface area (Å²) >= 11 is 0. The molecule has 71 heavy (non-hydrogen) atoms. The maximum Gasteiger partial charge on any atom is 1.00 e. The number of hydrogen-bond acceptors (Lipinski definition) is 11. The van der Waals surface area contributed by atoms with Crippen LogP contribution >= 0.6 is 0 Å². The number of nitrogens with zero attached hydrogens (tertiary/aromatic N) is 4. The van der Waals surface area contributed by atoms with Crippen molar-refractivity contribution in [2.45, 2.75) is 120 Å². The molecule has 0 radical (unpaired) electrons. The first-order valence-corrected chi connectivity index (χ1v) is 21.6. The Bertz CT molecular complexity index is 2400. The van der Waals surface area contributed by atoms with E-state index in [1.165, 1.54) is 23.8 Å². The number of fused-ring (bicyclic) bond motifs is 9. The van der Waals surface area contributed by atoms with E-state index in [4.69, 9.17) is 15.8 Å². The minimum absolute atomic E-state index is 0. The van der Waals surface area contributed by atoms with Gasteiger partial charge >= 0.3 is 115 Å². The summed E-state index contributed by atoms with van der Waals surface area (Å²) in [5, 5.41) is 32.2. The van der Waals surface area contributed by atoms with Crippen molar-refractivity contribution in [1.29, 1.82) is 0 Å². The predicted octanol–water partition coefficient (Wildman–Crippen LogP) is 3.03. The Morgan fingerprint density at radius 2 is 1.06 bits per heavy atom. The van der Waals surface area contributed by atoms with Crippen LogP contribution in [-0.4, -0.2) is 52.2 Å². The van der Waals surface area contributed by atoms with Crippen LogP contribution in [-0.2, 0) is 42.3 Å². The summed E-state index contributed by atoms with van der Waals surface area (Å²) in [4.78, 5) is 68.6. The van der Waals surface area contributed by atoms with E-state index >= 15 is 0 Å². The first kappa shape index (κ1) is 62.0. The van der Waals surface area contributed by atoms with Crippen LogP contribution in [0, 0.1) is 43.8 Å². The molecule has 3 aromatic rings. The Morgan fingerprint density at radius 1 is 0.662 bits per heavy atom. The molecule has 6 saturated heterocycles. The van der Waals surface area contributed by atoms with Crippen molar-refractivity contribution in [1.82, 2.24) is 5.32 Å². The second kappa shape index (κ2) is 26.3. The zero-order valence-corrected chi connectivity index (χ0v) is 44.8. The predicted molar refractivity (Wildman–Crippen MR) is 227 cm³/mol. The van der Waals surface area contributed by atoms with E-state index in [0.29, 0.717) is 73.1 Å². The molecule has 0 unspecified atom stereocenters. The van der Waals surface area contributed by atoms with Crippen LogP contribution in [0.15, 0.2) is 54.6 Å². The number of carbonyl (C=O) groups is 4. The number of halogens is 9. The van der Waals surface area contributed by atoms with Crippen molar-refractivity contribution in [3.05, 3.63) is 97.3 Å². The number of rotatable bonds is 6. The molecule has 6 heterocycles. The topological polar surface area (TPSA) is 231 Å². The fraction of sp³-hybridized carbons (Fsp3) is 0.500. The molecule has 16 nitrogen and oxygen atoms in total. The molecule has 3 aliphatic carbocycles. The van der Waals surface area contributed by atoms with Gasteiger partial charge in [0, 0.05) is 79.7 Å². The molecule has 9 aliphatic rings. The third-order valence-electron chi connectivity index (χ3n) is 12.8. The first-order chi connectivity index (χ1) is 32.3. The zero-order valence-electron chi connectivity index (χ0n) is 39.6. The van der Waals surface area contributed by atoms with E-state index in [2.05, 4.69) is 10.2 Å².